The minimum Gasteiger partial charge on any atom is -0.348 e. The van der Waals surface area contributed by atoms with Gasteiger partial charge < -0.3 is 10.6 Å². The molecule has 2 unspecified atom stereocenters. The van der Waals surface area contributed by atoms with E-state index in [0.717, 1.165) is 17.8 Å². The molecule has 0 spiro atoms. The topological polar surface area (TPSA) is 42.1 Å². The van der Waals surface area contributed by atoms with Crippen molar-refractivity contribution in [2.45, 2.75) is 44.6 Å². The Morgan fingerprint density at radius 3 is 2.50 bits per heavy atom. The number of rotatable bonds is 3. The monoisotopic (exact) mass is 263 g/mol. The maximum absolute atomic E-state index is 5.87. The fraction of sp³-hybridized carbons (Fsp3) is 0.786. The SMILES string of the molecule is NCc1sc(N2CC3CCCC3C2)nc1C1CC1. The highest BCUT2D eigenvalue weighted by molar-refractivity contribution is 7.15. The molecular weight excluding hydrogens is 242 g/mol. The Bertz CT molecular complexity index is 440. The molecule has 2 atom stereocenters. The number of nitrogens with zero attached hydrogens (tertiary/aromatic N) is 2. The molecule has 3 fully saturated rings. The number of anilines is 1. The minimum absolute atomic E-state index is 0.671. The van der Waals surface area contributed by atoms with Gasteiger partial charge in [0.25, 0.3) is 0 Å². The van der Waals surface area contributed by atoms with Gasteiger partial charge >= 0.3 is 0 Å². The number of hydrogen-bond acceptors (Lipinski definition) is 4. The van der Waals surface area contributed by atoms with Gasteiger partial charge in [-0.1, -0.05) is 6.42 Å². The summed E-state index contributed by atoms with van der Waals surface area (Å²) in [5.74, 6) is 2.62. The van der Waals surface area contributed by atoms with Gasteiger partial charge in [-0.15, -0.1) is 11.3 Å². The zero-order valence-corrected chi connectivity index (χ0v) is 11.6. The zero-order valence-electron chi connectivity index (χ0n) is 10.8. The summed E-state index contributed by atoms with van der Waals surface area (Å²) < 4.78 is 0. The lowest BCUT2D eigenvalue weighted by Crippen LogP contribution is -2.20. The van der Waals surface area contributed by atoms with Crippen molar-refractivity contribution >= 4 is 16.5 Å². The number of aromatic nitrogens is 1. The normalized spacial score (nSPS) is 31.1. The lowest BCUT2D eigenvalue weighted by atomic mass is 10.0. The highest BCUT2D eigenvalue weighted by atomic mass is 32.1. The minimum atomic E-state index is 0.671. The van der Waals surface area contributed by atoms with E-state index in [1.807, 2.05) is 11.3 Å². The van der Waals surface area contributed by atoms with Crippen molar-refractivity contribution in [3.05, 3.63) is 10.6 Å². The first kappa shape index (κ1) is 11.2. The van der Waals surface area contributed by atoms with Gasteiger partial charge in [-0.3, -0.25) is 0 Å². The Labute approximate surface area is 112 Å². The summed E-state index contributed by atoms with van der Waals surface area (Å²) in [5, 5.41) is 1.26. The van der Waals surface area contributed by atoms with E-state index in [1.165, 1.54) is 60.9 Å². The summed E-state index contributed by atoms with van der Waals surface area (Å²) in [6, 6.07) is 0. The predicted molar refractivity (Wildman–Crippen MR) is 75.0 cm³/mol. The predicted octanol–water partition coefficient (Wildman–Crippen LogP) is 2.72. The Morgan fingerprint density at radius 1 is 1.17 bits per heavy atom. The molecule has 1 aromatic rings. The summed E-state index contributed by atoms with van der Waals surface area (Å²) in [6.45, 7) is 3.16. The first-order chi connectivity index (χ1) is 8.85. The summed E-state index contributed by atoms with van der Waals surface area (Å²) in [5.41, 5.74) is 7.20. The van der Waals surface area contributed by atoms with E-state index in [9.17, 15) is 0 Å². The highest BCUT2D eigenvalue weighted by Crippen LogP contribution is 2.46. The summed E-state index contributed by atoms with van der Waals surface area (Å²) in [4.78, 5) is 8.79. The van der Waals surface area contributed by atoms with Crippen LogP contribution in [0.2, 0.25) is 0 Å². The molecule has 4 rings (SSSR count). The van der Waals surface area contributed by atoms with Gasteiger partial charge in [-0.25, -0.2) is 4.98 Å². The van der Waals surface area contributed by atoms with E-state index in [0.29, 0.717) is 6.54 Å². The van der Waals surface area contributed by atoms with Crippen molar-refractivity contribution in [2.75, 3.05) is 18.0 Å². The van der Waals surface area contributed by atoms with Crippen molar-refractivity contribution in [3.8, 4) is 0 Å². The molecule has 0 amide bonds. The van der Waals surface area contributed by atoms with Crippen LogP contribution in [0.4, 0.5) is 5.13 Å². The molecule has 1 aliphatic heterocycles. The fourth-order valence-corrected chi connectivity index (χ4v) is 4.74. The first-order valence-corrected chi connectivity index (χ1v) is 8.11. The molecule has 3 nitrogen and oxygen atoms in total. The molecule has 1 saturated heterocycles. The number of fused-ring (bicyclic) bond motifs is 1. The Kier molecular flexibility index (Phi) is 2.62. The maximum Gasteiger partial charge on any atom is 0.185 e. The molecule has 4 heteroatoms. The zero-order chi connectivity index (χ0) is 12.1. The van der Waals surface area contributed by atoms with Gasteiger partial charge in [0.1, 0.15) is 0 Å². The molecule has 2 aliphatic carbocycles. The Balaban J connectivity index is 1.57. The molecule has 18 heavy (non-hydrogen) atoms. The Morgan fingerprint density at radius 2 is 1.89 bits per heavy atom. The standard InChI is InChI=1S/C14H21N3S/c15-6-12-13(9-4-5-9)16-14(18-12)17-7-10-2-1-3-11(10)8-17/h9-11H,1-8,15H2. The molecule has 98 valence electrons. The van der Waals surface area contributed by atoms with E-state index in [1.54, 1.807) is 0 Å². The van der Waals surface area contributed by atoms with Crippen LogP contribution < -0.4 is 10.6 Å². The van der Waals surface area contributed by atoms with Gasteiger partial charge in [0, 0.05) is 30.4 Å². The van der Waals surface area contributed by atoms with E-state index >= 15 is 0 Å². The molecule has 2 heterocycles. The van der Waals surface area contributed by atoms with E-state index in [2.05, 4.69) is 4.90 Å². The lowest BCUT2D eigenvalue weighted by Gasteiger charge is -2.15. The van der Waals surface area contributed by atoms with Crippen LogP contribution in [-0.4, -0.2) is 18.1 Å². The summed E-state index contributed by atoms with van der Waals surface area (Å²) >= 11 is 1.85. The van der Waals surface area contributed by atoms with Crippen LogP contribution >= 0.6 is 11.3 Å². The summed E-state index contributed by atoms with van der Waals surface area (Å²) in [7, 11) is 0. The molecular formula is C14H21N3S. The third-order valence-electron chi connectivity index (χ3n) is 4.86. The molecule has 2 N–H and O–H groups in total. The molecule has 0 bridgehead atoms. The van der Waals surface area contributed by atoms with Crippen molar-refractivity contribution in [1.82, 2.24) is 4.98 Å². The van der Waals surface area contributed by atoms with Crippen LogP contribution in [0.1, 0.15) is 48.6 Å². The second-order valence-electron chi connectivity index (χ2n) is 6.14. The van der Waals surface area contributed by atoms with Crippen molar-refractivity contribution in [1.29, 1.82) is 0 Å². The van der Waals surface area contributed by atoms with Crippen LogP contribution in [-0.2, 0) is 6.54 Å². The Hall–Kier alpha value is -0.610. The molecule has 3 aliphatic rings. The van der Waals surface area contributed by atoms with Gasteiger partial charge in [0.2, 0.25) is 0 Å². The largest absolute Gasteiger partial charge is 0.348 e. The molecule has 0 aromatic carbocycles. The van der Waals surface area contributed by atoms with E-state index < -0.39 is 0 Å². The molecule has 0 radical (unpaired) electrons. The highest BCUT2D eigenvalue weighted by Gasteiger charge is 2.38. The van der Waals surface area contributed by atoms with Crippen molar-refractivity contribution in [3.63, 3.8) is 0 Å². The van der Waals surface area contributed by atoms with Crippen LogP contribution in [0.25, 0.3) is 0 Å². The van der Waals surface area contributed by atoms with Crippen LogP contribution in [0.5, 0.6) is 0 Å². The van der Waals surface area contributed by atoms with Gasteiger partial charge in [0.15, 0.2) is 5.13 Å². The quantitative estimate of drug-likeness (QED) is 0.911. The lowest BCUT2D eigenvalue weighted by molar-refractivity contribution is 0.494. The average molecular weight is 263 g/mol. The van der Waals surface area contributed by atoms with Crippen molar-refractivity contribution in [2.24, 2.45) is 17.6 Å². The molecule has 1 aromatic heterocycles. The number of nitrogens with two attached hydrogens (primary N) is 1. The third-order valence-corrected chi connectivity index (χ3v) is 6.02. The van der Waals surface area contributed by atoms with Crippen LogP contribution in [0.15, 0.2) is 0 Å². The second-order valence-corrected chi connectivity index (χ2v) is 7.20. The van der Waals surface area contributed by atoms with Gasteiger partial charge in [0.05, 0.1) is 5.69 Å². The summed E-state index contributed by atoms with van der Waals surface area (Å²) in [6.07, 6.45) is 6.96. The molecule has 2 saturated carbocycles. The smallest absolute Gasteiger partial charge is 0.185 e. The number of hydrogen-bond donors (Lipinski definition) is 1. The maximum atomic E-state index is 5.87. The fourth-order valence-electron chi connectivity index (χ4n) is 3.70. The van der Waals surface area contributed by atoms with Crippen LogP contribution in [0, 0.1) is 11.8 Å². The average Bonchev–Trinajstić information content (AvgIpc) is 2.83. The van der Waals surface area contributed by atoms with E-state index in [4.69, 9.17) is 10.7 Å². The van der Waals surface area contributed by atoms with Crippen molar-refractivity contribution < 1.29 is 0 Å². The first-order valence-electron chi connectivity index (χ1n) is 7.29. The third kappa shape index (κ3) is 1.77. The van der Waals surface area contributed by atoms with Gasteiger partial charge in [-0.2, -0.15) is 0 Å². The van der Waals surface area contributed by atoms with Crippen LogP contribution in [0.3, 0.4) is 0 Å². The van der Waals surface area contributed by atoms with Gasteiger partial charge in [-0.05, 0) is 37.5 Å². The second kappa shape index (κ2) is 4.20. The number of thiazole rings is 1. The van der Waals surface area contributed by atoms with E-state index in [-0.39, 0.29) is 0 Å².